The van der Waals surface area contributed by atoms with E-state index in [1.54, 1.807) is 7.11 Å². The summed E-state index contributed by atoms with van der Waals surface area (Å²) in [6.45, 7) is 2.29. The Labute approximate surface area is 115 Å². The highest BCUT2D eigenvalue weighted by Crippen LogP contribution is 2.32. The van der Waals surface area contributed by atoms with Crippen LogP contribution in [0.1, 0.15) is 32.6 Å². The highest BCUT2D eigenvalue weighted by Gasteiger charge is 2.26. The number of nitriles is 1. The van der Waals surface area contributed by atoms with Crippen LogP contribution in [0.25, 0.3) is 0 Å². The fourth-order valence-electron chi connectivity index (χ4n) is 2.91. The van der Waals surface area contributed by atoms with E-state index in [0.29, 0.717) is 5.92 Å². The zero-order chi connectivity index (χ0) is 13.7. The molecule has 102 valence electrons. The number of nitrogens with zero attached hydrogens (tertiary/aromatic N) is 1. The zero-order valence-electron chi connectivity index (χ0n) is 11.7. The van der Waals surface area contributed by atoms with Crippen LogP contribution in [-0.4, -0.2) is 13.2 Å². The molecule has 0 amide bonds. The average molecular weight is 258 g/mol. The van der Waals surface area contributed by atoms with E-state index in [2.05, 4.69) is 18.3 Å². The first-order valence-corrected chi connectivity index (χ1v) is 7.03. The minimum atomic E-state index is -0.0869. The van der Waals surface area contributed by atoms with Gasteiger partial charge in [0.1, 0.15) is 11.8 Å². The Morgan fingerprint density at radius 2 is 2.05 bits per heavy atom. The topological polar surface area (TPSA) is 45.0 Å². The first kappa shape index (κ1) is 13.7. The molecule has 1 saturated carbocycles. The molecule has 0 spiro atoms. The molecule has 0 heterocycles. The van der Waals surface area contributed by atoms with Crippen molar-refractivity contribution in [1.29, 1.82) is 5.26 Å². The third-order valence-electron chi connectivity index (χ3n) is 4.00. The van der Waals surface area contributed by atoms with Crippen molar-refractivity contribution in [3.8, 4) is 11.8 Å². The van der Waals surface area contributed by atoms with Gasteiger partial charge < -0.3 is 10.1 Å². The molecular formula is C16H22N2O. The Morgan fingerprint density at radius 3 is 2.63 bits per heavy atom. The first-order valence-electron chi connectivity index (χ1n) is 7.03. The molecule has 0 bridgehead atoms. The molecule has 1 aliphatic carbocycles. The van der Waals surface area contributed by atoms with E-state index in [0.717, 1.165) is 30.2 Å². The second-order valence-electron chi connectivity index (χ2n) is 5.51. The Hall–Kier alpha value is -1.69. The molecule has 3 atom stereocenters. The van der Waals surface area contributed by atoms with E-state index in [-0.39, 0.29) is 6.04 Å². The van der Waals surface area contributed by atoms with Gasteiger partial charge in [-0.2, -0.15) is 5.26 Å². The molecule has 1 aliphatic rings. The van der Waals surface area contributed by atoms with Crippen LogP contribution in [0, 0.1) is 23.2 Å². The van der Waals surface area contributed by atoms with E-state index in [9.17, 15) is 5.26 Å². The lowest BCUT2D eigenvalue weighted by Crippen LogP contribution is -2.31. The third-order valence-corrected chi connectivity index (χ3v) is 4.00. The molecule has 1 aromatic rings. The van der Waals surface area contributed by atoms with Crippen molar-refractivity contribution in [2.24, 2.45) is 11.8 Å². The SMILES string of the molecule is COc1ccc(NC(C#N)C2CCCC(C)C2)cc1. The lowest BCUT2D eigenvalue weighted by Gasteiger charge is -2.30. The van der Waals surface area contributed by atoms with Gasteiger partial charge in [-0.15, -0.1) is 0 Å². The summed E-state index contributed by atoms with van der Waals surface area (Å²) in [6.07, 6.45) is 4.86. The van der Waals surface area contributed by atoms with Gasteiger partial charge in [-0.25, -0.2) is 0 Å². The van der Waals surface area contributed by atoms with Crippen LogP contribution in [0.3, 0.4) is 0 Å². The number of hydrogen-bond acceptors (Lipinski definition) is 3. The van der Waals surface area contributed by atoms with Gasteiger partial charge in [0.15, 0.2) is 0 Å². The van der Waals surface area contributed by atoms with Gasteiger partial charge in [-0.3, -0.25) is 0 Å². The van der Waals surface area contributed by atoms with Crippen LogP contribution in [-0.2, 0) is 0 Å². The van der Waals surface area contributed by atoms with Crippen molar-refractivity contribution in [1.82, 2.24) is 0 Å². The molecule has 1 N–H and O–H groups in total. The highest BCUT2D eigenvalue weighted by atomic mass is 16.5. The van der Waals surface area contributed by atoms with Crippen LogP contribution in [0.4, 0.5) is 5.69 Å². The Morgan fingerprint density at radius 1 is 1.32 bits per heavy atom. The van der Waals surface area contributed by atoms with Gasteiger partial charge in [0.25, 0.3) is 0 Å². The van der Waals surface area contributed by atoms with Crippen molar-refractivity contribution in [3.63, 3.8) is 0 Å². The lowest BCUT2D eigenvalue weighted by molar-refractivity contribution is 0.274. The van der Waals surface area contributed by atoms with Crippen LogP contribution in [0.5, 0.6) is 5.75 Å². The van der Waals surface area contributed by atoms with Crippen molar-refractivity contribution < 1.29 is 4.74 Å². The zero-order valence-corrected chi connectivity index (χ0v) is 11.7. The monoisotopic (exact) mass is 258 g/mol. The van der Waals surface area contributed by atoms with E-state index >= 15 is 0 Å². The highest BCUT2D eigenvalue weighted by molar-refractivity contribution is 5.48. The number of benzene rings is 1. The molecule has 2 rings (SSSR count). The van der Waals surface area contributed by atoms with E-state index in [1.165, 1.54) is 12.8 Å². The smallest absolute Gasteiger partial charge is 0.119 e. The van der Waals surface area contributed by atoms with Gasteiger partial charge in [0.05, 0.1) is 13.2 Å². The minimum Gasteiger partial charge on any atom is -0.497 e. The number of ether oxygens (including phenoxy) is 1. The number of methoxy groups -OCH3 is 1. The molecule has 3 nitrogen and oxygen atoms in total. The maximum absolute atomic E-state index is 9.39. The van der Waals surface area contributed by atoms with Crippen LogP contribution in [0.2, 0.25) is 0 Å². The molecule has 0 aromatic heterocycles. The molecule has 0 radical (unpaired) electrons. The van der Waals surface area contributed by atoms with Crippen molar-refractivity contribution >= 4 is 5.69 Å². The molecule has 0 saturated heterocycles. The van der Waals surface area contributed by atoms with E-state index in [4.69, 9.17) is 4.74 Å². The largest absolute Gasteiger partial charge is 0.497 e. The lowest BCUT2D eigenvalue weighted by atomic mass is 9.79. The molecule has 3 unspecified atom stereocenters. The summed E-state index contributed by atoms with van der Waals surface area (Å²) in [5.74, 6) is 2.05. The van der Waals surface area contributed by atoms with Crippen LogP contribution < -0.4 is 10.1 Å². The summed E-state index contributed by atoms with van der Waals surface area (Å²) >= 11 is 0. The summed E-state index contributed by atoms with van der Waals surface area (Å²) in [7, 11) is 1.66. The second-order valence-corrected chi connectivity index (χ2v) is 5.51. The molecule has 3 heteroatoms. The molecule has 19 heavy (non-hydrogen) atoms. The van der Waals surface area contributed by atoms with Gasteiger partial charge in [0.2, 0.25) is 0 Å². The van der Waals surface area contributed by atoms with E-state index in [1.807, 2.05) is 24.3 Å². The Kier molecular flexibility index (Phi) is 4.68. The number of rotatable bonds is 4. The Balaban J connectivity index is 2.00. The van der Waals surface area contributed by atoms with Crippen molar-refractivity contribution in [2.75, 3.05) is 12.4 Å². The predicted molar refractivity (Wildman–Crippen MR) is 77.1 cm³/mol. The first-order chi connectivity index (χ1) is 9.22. The molecule has 0 aliphatic heterocycles. The average Bonchev–Trinajstić information content (AvgIpc) is 2.45. The van der Waals surface area contributed by atoms with Gasteiger partial charge in [-0.1, -0.05) is 19.8 Å². The number of anilines is 1. The van der Waals surface area contributed by atoms with Crippen LogP contribution in [0.15, 0.2) is 24.3 Å². The van der Waals surface area contributed by atoms with Crippen LogP contribution >= 0.6 is 0 Å². The molecule has 1 fully saturated rings. The summed E-state index contributed by atoms with van der Waals surface area (Å²) in [6, 6.07) is 10.1. The maximum Gasteiger partial charge on any atom is 0.119 e. The second kappa shape index (κ2) is 6.47. The summed E-state index contributed by atoms with van der Waals surface area (Å²) < 4.78 is 5.14. The fraction of sp³-hybridized carbons (Fsp3) is 0.562. The van der Waals surface area contributed by atoms with Gasteiger partial charge >= 0.3 is 0 Å². The van der Waals surface area contributed by atoms with Crippen molar-refractivity contribution in [2.45, 2.75) is 38.6 Å². The molecular weight excluding hydrogens is 236 g/mol. The quantitative estimate of drug-likeness (QED) is 0.892. The summed E-state index contributed by atoms with van der Waals surface area (Å²) in [4.78, 5) is 0. The third kappa shape index (κ3) is 3.64. The normalized spacial score (nSPS) is 24.3. The predicted octanol–water partition coefficient (Wildman–Crippen LogP) is 3.83. The van der Waals surface area contributed by atoms with Gasteiger partial charge in [-0.05, 0) is 48.9 Å². The number of nitrogens with one attached hydrogen (secondary N) is 1. The van der Waals surface area contributed by atoms with Gasteiger partial charge in [0, 0.05) is 5.69 Å². The Bertz CT molecular complexity index is 435. The van der Waals surface area contributed by atoms with E-state index < -0.39 is 0 Å². The summed E-state index contributed by atoms with van der Waals surface area (Å²) in [5.41, 5.74) is 0.991. The summed E-state index contributed by atoms with van der Waals surface area (Å²) in [5, 5.41) is 12.7. The number of hydrogen-bond donors (Lipinski definition) is 1. The standard InChI is InChI=1S/C16H22N2O/c1-12-4-3-5-13(10-12)16(11-17)18-14-6-8-15(19-2)9-7-14/h6-9,12-13,16,18H,3-5,10H2,1-2H3. The maximum atomic E-state index is 9.39. The molecule has 1 aromatic carbocycles. The van der Waals surface area contributed by atoms with Crippen molar-refractivity contribution in [3.05, 3.63) is 24.3 Å². The minimum absolute atomic E-state index is 0.0869. The fourth-order valence-corrected chi connectivity index (χ4v) is 2.91.